The van der Waals surface area contributed by atoms with Crippen LogP contribution >= 0.6 is 0 Å². The molecule has 1 aromatic heterocycles. The Labute approximate surface area is 160 Å². The predicted molar refractivity (Wildman–Crippen MR) is 102 cm³/mol. The van der Waals surface area contributed by atoms with Crippen molar-refractivity contribution in [1.82, 2.24) is 9.62 Å². The first kappa shape index (κ1) is 21.0. The molecule has 0 radical (unpaired) electrons. The van der Waals surface area contributed by atoms with Crippen LogP contribution in [0.3, 0.4) is 0 Å². The Morgan fingerprint density at radius 1 is 1.19 bits per heavy atom. The summed E-state index contributed by atoms with van der Waals surface area (Å²) in [5.41, 5.74) is 0.194. The fraction of sp³-hybridized carbons (Fsp3) is 0.421. The first-order valence-electron chi connectivity index (χ1n) is 8.63. The highest BCUT2D eigenvalue weighted by Crippen LogP contribution is 2.22. The molecule has 0 saturated carbocycles. The van der Waals surface area contributed by atoms with Crippen molar-refractivity contribution in [2.75, 3.05) is 13.7 Å². The zero-order valence-electron chi connectivity index (χ0n) is 16.3. The smallest absolute Gasteiger partial charge is 0.289 e. The topological polar surface area (TPSA) is 88.8 Å². The molecule has 0 spiro atoms. The quantitative estimate of drug-likeness (QED) is 0.780. The lowest BCUT2D eigenvalue weighted by molar-refractivity contribution is 0.0746. The third-order valence-electron chi connectivity index (χ3n) is 3.52. The van der Waals surface area contributed by atoms with Gasteiger partial charge < -0.3 is 14.1 Å². The Morgan fingerprint density at radius 2 is 1.85 bits per heavy atom. The van der Waals surface area contributed by atoms with Crippen LogP contribution in [0, 0.1) is 0 Å². The molecule has 1 N–H and O–H groups in total. The summed E-state index contributed by atoms with van der Waals surface area (Å²) in [6.45, 7) is 7.89. The lowest BCUT2D eigenvalue weighted by Gasteiger charge is -2.19. The number of sulfonamides is 1. The minimum absolute atomic E-state index is 0.0410. The van der Waals surface area contributed by atoms with Gasteiger partial charge in [-0.25, -0.2) is 13.1 Å². The molecule has 1 aromatic carbocycles. The molecule has 0 aliphatic carbocycles. The molecule has 0 fully saturated rings. The minimum atomic E-state index is -3.84. The lowest BCUT2D eigenvalue weighted by Crippen LogP contribution is -2.40. The van der Waals surface area contributed by atoms with E-state index in [1.54, 1.807) is 27.8 Å². The first-order chi connectivity index (χ1) is 12.5. The van der Waals surface area contributed by atoms with Crippen LogP contribution in [0.15, 0.2) is 45.9 Å². The van der Waals surface area contributed by atoms with Crippen molar-refractivity contribution < 1.29 is 22.4 Å². The molecule has 1 amide bonds. The van der Waals surface area contributed by atoms with Gasteiger partial charge in [0.15, 0.2) is 5.76 Å². The molecule has 8 heteroatoms. The highest BCUT2D eigenvalue weighted by molar-refractivity contribution is 7.89. The third-order valence-corrected chi connectivity index (χ3v) is 5.15. The van der Waals surface area contributed by atoms with Gasteiger partial charge in [-0.1, -0.05) is 18.2 Å². The Hall–Kier alpha value is -2.32. The first-order valence-corrected chi connectivity index (χ1v) is 10.1. The van der Waals surface area contributed by atoms with Crippen LogP contribution < -0.4 is 9.46 Å². The number of nitrogens with zero attached hydrogens (tertiary/aromatic N) is 1. The largest absolute Gasteiger partial charge is 0.494 e. The van der Waals surface area contributed by atoms with Crippen LogP contribution in [0.2, 0.25) is 0 Å². The normalized spacial score (nSPS) is 12.0. The van der Waals surface area contributed by atoms with Crippen LogP contribution in [-0.2, 0) is 16.6 Å². The van der Waals surface area contributed by atoms with Gasteiger partial charge >= 0.3 is 0 Å². The number of para-hydroxylation sites is 1. The number of amides is 1. The van der Waals surface area contributed by atoms with Gasteiger partial charge in [0.25, 0.3) is 15.9 Å². The fourth-order valence-electron chi connectivity index (χ4n) is 2.48. The van der Waals surface area contributed by atoms with E-state index < -0.39 is 21.5 Å². The molecule has 148 valence electrons. The third kappa shape index (κ3) is 5.58. The number of carbonyl (C=O) groups excluding carboxylic acids is 1. The lowest BCUT2D eigenvalue weighted by atomic mass is 10.1. The number of benzene rings is 1. The van der Waals surface area contributed by atoms with Crippen molar-refractivity contribution >= 4 is 15.9 Å². The summed E-state index contributed by atoms with van der Waals surface area (Å²) in [6, 6.07) is 10.1. The molecule has 7 nitrogen and oxygen atoms in total. The van der Waals surface area contributed by atoms with Crippen molar-refractivity contribution in [3.05, 3.63) is 47.7 Å². The molecule has 0 aliphatic heterocycles. The van der Waals surface area contributed by atoms with Crippen molar-refractivity contribution in [3.63, 3.8) is 0 Å². The molecule has 0 aliphatic rings. The molecule has 2 rings (SSSR count). The number of rotatable bonds is 7. The predicted octanol–water partition coefficient (Wildman–Crippen LogP) is 3.03. The average Bonchev–Trinajstić information content (AvgIpc) is 3.05. The van der Waals surface area contributed by atoms with Gasteiger partial charge in [0.2, 0.25) is 5.09 Å². The number of ether oxygens (including phenoxy) is 1. The Kier molecular flexibility index (Phi) is 6.33. The van der Waals surface area contributed by atoms with Gasteiger partial charge in [-0.05, 0) is 45.9 Å². The zero-order chi connectivity index (χ0) is 20.2. The molecule has 0 atom stereocenters. The molecule has 0 bridgehead atoms. The number of nitrogens with one attached hydrogen (secondary N) is 1. The van der Waals surface area contributed by atoms with Crippen LogP contribution in [0.25, 0.3) is 0 Å². The maximum absolute atomic E-state index is 12.6. The van der Waals surface area contributed by atoms with Gasteiger partial charge in [0.1, 0.15) is 5.75 Å². The standard InChI is InChI=1S/C19H26N2O5S/c1-6-25-15-10-8-7-9-14(15)13-21(5)18(22)16-11-12-17(26-16)27(23,24)20-19(2,3)4/h7-12,20H,6,13H2,1-5H3. The maximum Gasteiger partial charge on any atom is 0.289 e. The number of hydrogen-bond donors (Lipinski definition) is 1. The van der Waals surface area contributed by atoms with E-state index in [1.807, 2.05) is 31.2 Å². The Balaban J connectivity index is 2.16. The summed E-state index contributed by atoms with van der Waals surface area (Å²) < 4.78 is 38.0. The summed E-state index contributed by atoms with van der Waals surface area (Å²) in [6.07, 6.45) is 0. The van der Waals surface area contributed by atoms with E-state index in [1.165, 1.54) is 17.0 Å². The van der Waals surface area contributed by atoms with E-state index in [-0.39, 0.29) is 10.9 Å². The molecular weight excluding hydrogens is 368 g/mol. The zero-order valence-corrected chi connectivity index (χ0v) is 17.1. The molecule has 2 aromatic rings. The molecule has 0 saturated heterocycles. The van der Waals surface area contributed by atoms with Crippen molar-refractivity contribution in [2.45, 2.75) is 44.9 Å². The average molecular weight is 394 g/mol. The highest BCUT2D eigenvalue weighted by Gasteiger charge is 2.27. The minimum Gasteiger partial charge on any atom is -0.494 e. The van der Waals surface area contributed by atoms with E-state index >= 15 is 0 Å². The van der Waals surface area contributed by atoms with Crippen LogP contribution in [-0.4, -0.2) is 38.4 Å². The van der Waals surface area contributed by atoms with Crippen LogP contribution in [0.5, 0.6) is 5.75 Å². The van der Waals surface area contributed by atoms with Gasteiger partial charge in [0, 0.05) is 24.7 Å². The second-order valence-electron chi connectivity index (χ2n) is 7.18. The second-order valence-corrected chi connectivity index (χ2v) is 8.79. The van der Waals surface area contributed by atoms with Gasteiger partial charge in [-0.15, -0.1) is 0 Å². The second kappa shape index (κ2) is 8.14. The molecular formula is C19H26N2O5S. The summed E-state index contributed by atoms with van der Waals surface area (Å²) >= 11 is 0. The summed E-state index contributed by atoms with van der Waals surface area (Å²) in [4.78, 5) is 14.1. The molecule has 27 heavy (non-hydrogen) atoms. The Morgan fingerprint density at radius 3 is 2.48 bits per heavy atom. The SMILES string of the molecule is CCOc1ccccc1CN(C)C(=O)c1ccc(S(=O)(=O)NC(C)(C)C)o1. The van der Waals surface area contributed by atoms with Gasteiger partial charge in [-0.3, -0.25) is 4.79 Å². The molecule has 0 unspecified atom stereocenters. The van der Waals surface area contributed by atoms with E-state index in [2.05, 4.69) is 4.72 Å². The van der Waals surface area contributed by atoms with E-state index in [0.717, 1.165) is 5.56 Å². The van der Waals surface area contributed by atoms with Crippen molar-refractivity contribution in [1.29, 1.82) is 0 Å². The van der Waals surface area contributed by atoms with Crippen molar-refractivity contribution in [3.8, 4) is 5.75 Å². The number of carbonyl (C=O) groups is 1. The highest BCUT2D eigenvalue weighted by atomic mass is 32.2. The van der Waals surface area contributed by atoms with E-state index in [9.17, 15) is 13.2 Å². The van der Waals surface area contributed by atoms with Gasteiger partial charge in [-0.2, -0.15) is 0 Å². The number of furan rings is 1. The summed E-state index contributed by atoms with van der Waals surface area (Å²) in [5.74, 6) is 0.246. The van der Waals surface area contributed by atoms with E-state index in [0.29, 0.717) is 18.9 Å². The van der Waals surface area contributed by atoms with Crippen LogP contribution in [0.4, 0.5) is 0 Å². The van der Waals surface area contributed by atoms with E-state index in [4.69, 9.17) is 9.15 Å². The van der Waals surface area contributed by atoms with Crippen LogP contribution in [0.1, 0.15) is 43.8 Å². The fourth-order valence-corrected chi connectivity index (χ4v) is 3.83. The molecule has 1 heterocycles. The Bertz CT molecular complexity index is 897. The van der Waals surface area contributed by atoms with Crippen molar-refractivity contribution in [2.24, 2.45) is 0 Å². The number of hydrogen-bond acceptors (Lipinski definition) is 5. The van der Waals surface area contributed by atoms with Gasteiger partial charge in [0.05, 0.1) is 6.61 Å². The monoisotopic (exact) mass is 394 g/mol. The summed E-state index contributed by atoms with van der Waals surface area (Å²) in [7, 11) is -2.22. The summed E-state index contributed by atoms with van der Waals surface area (Å²) in [5, 5.41) is -0.288. The maximum atomic E-state index is 12.6.